The van der Waals surface area contributed by atoms with E-state index in [0.29, 0.717) is 31.1 Å². The molecule has 0 bridgehead atoms. The van der Waals surface area contributed by atoms with E-state index in [1.165, 1.54) is 4.90 Å². The minimum Gasteiger partial charge on any atom is -0.399 e. The number of imide groups is 1. The number of fused-ring (bicyclic) bond motifs is 1. The van der Waals surface area contributed by atoms with Gasteiger partial charge in [0.05, 0.1) is 30.9 Å². The van der Waals surface area contributed by atoms with E-state index in [9.17, 15) is 9.59 Å². The molecule has 20 heavy (non-hydrogen) atoms. The first-order valence-corrected chi connectivity index (χ1v) is 6.71. The predicted octanol–water partition coefficient (Wildman–Crippen LogP) is 1.07. The van der Waals surface area contributed by atoms with Crippen molar-refractivity contribution in [3.8, 4) is 0 Å². The summed E-state index contributed by atoms with van der Waals surface area (Å²) in [6, 6.07) is 6.33. The van der Waals surface area contributed by atoms with E-state index in [4.69, 9.17) is 10.5 Å². The third-order valence-electron chi connectivity index (χ3n) is 3.92. The van der Waals surface area contributed by atoms with E-state index in [2.05, 4.69) is 0 Å². The Kier molecular flexibility index (Phi) is 3.10. The normalized spacial score (nSPS) is 26.1. The molecule has 0 aromatic heterocycles. The molecule has 1 aromatic carbocycles. The summed E-state index contributed by atoms with van der Waals surface area (Å²) in [5, 5.41) is 0. The van der Waals surface area contributed by atoms with Crippen LogP contribution >= 0.6 is 0 Å². The molecule has 2 fully saturated rings. The molecular weight excluding hydrogens is 258 g/mol. The van der Waals surface area contributed by atoms with Crippen LogP contribution in [0, 0.1) is 5.92 Å². The number of benzene rings is 1. The zero-order valence-electron chi connectivity index (χ0n) is 11.3. The number of nitrogens with two attached hydrogens (primary N) is 1. The molecule has 0 aliphatic carbocycles. The first-order valence-electron chi connectivity index (χ1n) is 6.71. The van der Waals surface area contributed by atoms with Crippen molar-refractivity contribution in [2.24, 2.45) is 5.92 Å². The van der Waals surface area contributed by atoms with Crippen LogP contribution in [0.3, 0.4) is 0 Å². The van der Waals surface area contributed by atoms with Gasteiger partial charge in [0.2, 0.25) is 5.91 Å². The number of hydrogen-bond donors (Lipinski definition) is 1. The van der Waals surface area contributed by atoms with Crippen LogP contribution in [0.2, 0.25) is 0 Å². The summed E-state index contributed by atoms with van der Waals surface area (Å²) in [5.74, 6) is -0.461. The maximum Gasteiger partial charge on any atom is 0.331 e. The lowest BCUT2D eigenvalue weighted by Gasteiger charge is -2.40. The minimum absolute atomic E-state index is 0.134. The third-order valence-corrected chi connectivity index (χ3v) is 3.92. The number of amides is 3. The van der Waals surface area contributed by atoms with E-state index in [-0.39, 0.29) is 23.9 Å². The zero-order valence-corrected chi connectivity index (χ0v) is 11.3. The number of nitrogens with zero attached hydrogens (tertiary/aromatic N) is 2. The van der Waals surface area contributed by atoms with Crippen LogP contribution in [0.4, 0.5) is 16.2 Å². The van der Waals surface area contributed by atoms with Crippen LogP contribution in [-0.2, 0) is 9.53 Å². The van der Waals surface area contributed by atoms with Gasteiger partial charge in [-0.25, -0.2) is 9.69 Å². The molecule has 0 spiro atoms. The Labute approximate surface area is 117 Å². The lowest BCUT2D eigenvalue weighted by atomic mass is 9.97. The fraction of sp³-hybridized carbons (Fsp3) is 0.429. The Balaban J connectivity index is 1.99. The summed E-state index contributed by atoms with van der Waals surface area (Å²) in [4.78, 5) is 28.0. The highest BCUT2D eigenvalue weighted by Crippen LogP contribution is 2.31. The van der Waals surface area contributed by atoms with Gasteiger partial charge in [0.15, 0.2) is 0 Å². The second-order valence-corrected chi connectivity index (χ2v) is 5.05. The van der Waals surface area contributed by atoms with Gasteiger partial charge in [-0.2, -0.15) is 0 Å². The summed E-state index contributed by atoms with van der Waals surface area (Å²) < 4.78 is 5.38. The Morgan fingerprint density at radius 1 is 1.25 bits per heavy atom. The molecule has 2 aliphatic rings. The third kappa shape index (κ3) is 1.84. The molecule has 3 rings (SSSR count). The van der Waals surface area contributed by atoms with Gasteiger partial charge in [0.25, 0.3) is 0 Å². The lowest BCUT2D eigenvalue weighted by molar-refractivity contribution is -0.124. The molecule has 2 unspecified atom stereocenters. The first-order chi connectivity index (χ1) is 9.63. The fourth-order valence-corrected chi connectivity index (χ4v) is 2.85. The summed E-state index contributed by atoms with van der Waals surface area (Å²) in [7, 11) is 0. The van der Waals surface area contributed by atoms with Crippen molar-refractivity contribution in [2.75, 3.05) is 30.4 Å². The molecule has 1 aromatic rings. The van der Waals surface area contributed by atoms with E-state index >= 15 is 0 Å². The summed E-state index contributed by atoms with van der Waals surface area (Å²) in [6.45, 7) is 3.27. The number of nitrogen functional groups attached to an aromatic ring is 1. The van der Waals surface area contributed by atoms with Gasteiger partial charge in [0.1, 0.15) is 0 Å². The van der Waals surface area contributed by atoms with Crippen molar-refractivity contribution in [1.82, 2.24) is 4.90 Å². The smallest absolute Gasteiger partial charge is 0.331 e. The SMILES string of the molecule is CCN1C(=O)N(c2ccc(N)cc2)C(=O)C2COCC21. The number of carbonyl (C=O) groups is 2. The van der Waals surface area contributed by atoms with Gasteiger partial charge in [-0.05, 0) is 31.2 Å². The van der Waals surface area contributed by atoms with Crippen LogP contribution in [0.1, 0.15) is 6.92 Å². The number of ether oxygens (including phenoxy) is 1. The summed E-state index contributed by atoms with van der Waals surface area (Å²) >= 11 is 0. The average Bonchev–Trinajstić information content (AvgIpc) is 2.91. The topological polar surface area (TPSA) is 75.9 Å². The van der Waals surface area contributed by atoms with Gasteiger partial charge in [-0.15, -0.1) is 0 Å². The number of carbonyl (C=O) groups excluding carboxylic acids is 2. The standard InChI is InChI=1S/C14H17N3O3/c1-2-16-12-8-20-7-11(12)13(18)17(14(16)19)10-5-3-9(15)4-6-10/h3-6,11-12H,2,7-8,15H2,1H3. The molecule has 2 atom stereocenters. The molecule has 3 amide bonds. The first kappa shape index (κ1) is 12.9. The Bertz CT molecular complexity index is 543. The highest BCUT2D eigenvalue weighted by atomic mass is 16.5. The molecule has 0 saturated carbocycles. The largest absolute Gasteiger partial charge is 0.399 e. The quantitative estimate of drug-likeness (QED) is 0.819. The molecule has 106 valence electrons. The maximum atomic E-state index is 12.5. The van der Waals surface area contributed by atoms with Gasteiger partial charge < -0.3 is 15.4 Å². The van der Waals surface area contributed by atoms with Crippen LogP contribution in [0.25, 0.3) is 0 Å². The van der Waals surface area contributed by atoms with Crippen molar-refractivity contribution < 1.29 is 14.3 Å². The van der Waals surface area contributed by atoms with Crippen molar-refractivity contribution in [3.05, 3.63) is 24.3 Å². The van der Waals surface area contributed by atoms with Crippen LogP contribution in [0.15, 0.2) is 24.3 Å². The highest BCUT2D eigenvalue weighted by molar-refractivity contribution is 6.17. The zero-order chi connectivity index (χ0) is 14.3. The highest BCUT2D eigenvalue weighted by Gasteiger charge is 2.49. The van der Waals surface area contributed by atoms with Crippen LogP contribution in [-0.4, -0.2) is 42.6 Å². The van der Waals surface area contributed by atoms with Crippen LogP contribution in [0.5, 0.6) is 0 Å². The van der Waals surface area contributed by atoms with Crippen molar-refractivity contribution in [1.29, 1.82) is 0 Å². The molecule has 0 radical (unpaired) electrons. The number of hydrogen-bond acceptors (Lipinski definition) is 4. The predicted molar refractivity (Wildman–Crippen MR) is 74.2 cm³/mol. The molecule has 2 heterocycles. The van der Waals surface area contributed by atoms with Crippen molar-refractivity contribution in [2.45, 2.75) is 13.0 Å². The molecule has 2 N–H and O–H groups in total. The summed E-state index contributed by atoms with van der Waals surface area (Å²) in [6.07, 6.45) is 0. The van der Waals surface area contributed by atoms with Gasteiger partial charge in [-0.1, -0.05) is 0 Å². The van der Waals surface area contributed by atoms with E-state index in [1.54, 1.807) is 29.2 Å². The van der Waals surface area contributed by atoms with E-state index in [1.807, 2.05) is 6.92 Å². The van der Waals surface area contributed by atoms with Gasteiger partial charge >= 0.3 is 6.03 Å². The Morgan fingerprint density at radius 3 is 2.60 bits per heavy atom. The van der Waals surface area contributed by atoms with Crippen molar-refractivity contribution >= 4 is 23.3 Å². The average molecular weight is 275 g/mol. The summed E-state index contributed by atoms with van der Waals surface area (Å²) in [5.41, 5.74) is 6.80. The van der Waals surface area contributed by atoms with Gasteiger partial charge in [-0.3, -0.25) is 4.79 Å². The minimum atomic E-state index is -0.283. The maximum absolute atomic E-state index is 12.5. The molecule has 6 heteroatoms. The Morgan fingerprint density at radius 2 is 1.95 bits per heavy atom. The second kappa shape index (κ2) is 4.79. The number of anilines is 2. The molecule has 6 nitrogen and oxygen atoms in total. The van der Waals surface area contributed by atoms with Crippen molar-refractivity contribution in [3.63, 3.8) is 0 Å². The number of likely N-dealkylation sites (N-methyl/N-ethyl adjacent to an activating group) is 1. The van der Waals surface area contributed by atoms with Crippen LogP contribution < -0.4 is 10.6 Å². The molecule has 2 aliphatic heterocycles. The van der Waals surface area contributed by atoms with Gasteiger partial charge in [0, 0.05) is 12.2 Å². The molecular formula is C14H17N3O3. The Hall–Kier alpha value is -2.08. The van der Waals surface area contributed by atoms with E-state index < -0.39 is 0 Å². The second-order valence-electron chi connectivity index (χ2n) is 5.05. The lowest BCUT2D eigenvalue weighted by Crippen LogP contribution is -2.61. The fourth-order valence-electron chi connectivity index (χ4n) is 2.85. The van der Waals surface area contributed by atoms with E-state index in [0.717, 1.165) is 0 Å². The monoisotopic (exact) mass is 275 g/mol. The molecule has 2 saturated heterocycles. The number of rotatable bonds is 2. The number of urea groups is 1.